The molecule has 0 N–H and O–H groups in total. The van der Waals surface area contributed by atoms with Crippen molar-refractivity contribution in [1.82, 2.24) is 0 Å². The van der Waals surface area contributed by atoms with E-state index in [1.54, 1.807) is 0 Å². The summed E-state index contributed by atoms with van der Waals surface area (Å²) >= 11 is 0. The SMILES string of the molecule is C[Si](C)(C)/C=C(/[N-][Si](C)(C)C)c1ccccc1.C[Si](C)(C)/C=C(/[N-][Si](C)(C)C)c1ccccc1.[K+].[K+]. The van der Waals surface area contributed by atoms with Crippen LogP contribution in [0.15, 0.2) is 72.1 Å². The molecule has 0 aliphatic rings. The second kappa shape index (κ2) is 17.5. The van der Waals surface area contributed by atoms with Gasteiger partial charge in [0.2, 0.25) is 0 Å². The third-order valence-electron chi connectivity index (χ3n) is 4.19. The summed E-state index contributed by atoms with van der Waals surface area (Å²) in [6.07, 6.45) is 0. The number of nitrogens with zero attached hydrogens (tertiary/aromatic N) is 2. The Bertz CT molecular complexity index is 856. The summed E-state index contributed by atoms with van der Waals surface area (Å²) in [4.78, 5) is 10.00. The van der Waals surface area contributed by atoms with Crippen molar-refractivity contribution in [3.8, 4) is 0 Å². The van der Waals surface area contributed by atoms with Crippen molar-refractivity contribution in [3.63, 3.8) is 0 Å². The third kappa shape index (κ3) is 20.5. The van der Waals surface area contributed by atoms with Gasteiger partial charge >= 0.3 is 103 Å². The molecule has 8 heteroatoms. The second-order valence-electron chi connectivity index (χ2n) is 13.1. The van der Waals surface area contributed by atoms with Gasteiger partial charge in [0.05, 0.1) is 16.1 Å². The van der Waals surface area contributed by atoms with Crippen LogP contribution >= 0.6 is 0 Å². The van der Waals surface area contributed by atoms with E-state index < -0.39 is 32.6 Å². The first-order chi connectivity index (χ1) is 15.3. The summed E-state index contributed by atoms with van der Waals surface area (Å²) in [7, 11) is -5.32. The molecule has 2 aromatic carbocycles. The van der Waals surface area contributed by atoms with Crippen LogP contribution in [0.2, 0.25) is 78.6 Å². The first-order valence-corrected chi connectivity index (χ1v) is 26.4. The molecule has 0 unspecified atom stereocenters. The van der Waals surface area contributed by atoms with Gasteiger partial charge in [-0.2, -0.15) is 0 Å². The zero-order valence-corrected chi connectivity index (χ0v) is 36.1. The van der Waals surface area contributed by atoms with Crippen LogP contribution in [0.4, 0.5) is 0 Å². The summed E-state index contributed by atoms with van der Waals surface area (Å²) < 4.78 is 0. The van der Waals surface area contributed by atoms with Crippen molar-refractivity contribution in [2.75, 3.05) is 0 Å². The van der Waals surface area contributed by atoms with E-state index in [9.17, 15) is 0 Å². The van der Waals surface area contributed by atoms with E-state index >= 15 is 0 Å². The maximum Gasteiger partial charge on any atom is 1.00 e. The standard InChI is InChI=1S/2C14H24NSi2.2K/c2*1-16(2,3)12-14(15-17(4,5)6)13-10-8-7-9-11-13;;/h2*7-12H,1-6H3;;/q2*-1;2*+1/b2*14-12+;;. The molecule has 0 heterocycles. The molecule has 0 radical (unpaired) electrons. The topological polar surface area (TPSA) is 28.2 Å². The number of hydrogen-bond donors (Lipinski definition) is 0. The normalized spacial score (nSPS) is 12.9. The Labute approximate surface area is 313 Å². The molecular weight excluding hydrogens is 555 g/mol. The molecule has 0 bridgehead atoms. The van der Waals surface area contributed by atoms with E-state index in [1.165, 1.54) is 22.5 Å². The van der Waals surface area contributed by atoms with Gasteiger partial charge < -0.3 is 9.96 Å². The Morgan fingerprint density at radius 2 is 0.722 bits per heavy atom. The predicted octanol–water partition coefficient (Wildman–Crippen LogP) is 4.24. The summed E-state index contributed by atoms with van der Waals surface area (Å²) in [5, 5.41) is 0. The molecule has 0 aromatic heterocycles. The predicted molar refractivity (Wildman–Crippen MR) is 169 cm³/mol. The number of rotatable bonds is 8. The number of hydrogen-bond acceptors (Lipinski definition) is 0. The van der Waals surface area contributed by atoms with Gasteiger partial charge in [-0.3, -0.25) is 0 Å². The first kappa shape index (κ1) is 39.8. The fraction of sp³-hybridized carbons (Fsp3) is 0.429. The molecule has 0 fully saturated rings. The summed E-state index contributed by atoms with van der Waals surface area (Å²) in [6, 6.07) is 21.1. The van der Waals surface area contributed by atoms with E-state index in [0.717, 1.165) is 0 Å². The molecule has 2 rings (SSSR count). The van der Waals surface area contributed by atoms with Crippen molar-refractivity contribution < 1.29 is 103 Å². The average molecular weight is 603 g/mol. The zero-order chi connectivity index (χ0) is 26.2. The molecule has 0 atom stereocenters. The van der Waals surface area contributed by atoms with Crippen molar-refractivity contribution >= 4 is 44.0 Å². The van der Waals surface area contributed by atoms with Gasteiger partial charge in [-0.25, -0.2) is 0 Å². The molecule has 0 saturated carbocycles. The minimum atomic E-state index is -1.42. The maximum atomic E-state index is 5.00. The molecule has 36 heavy (non-hydrogen) atoms. The van der Waals surface area contributed by atoms with E-state index in [-0.39, 0.29) is 103 Å². The Morgan fingerprint density at radius 3 is 0.917 bits per heavy atom. The van der Waals surface area contributed by atoms with Crippen LogP contribution in [0.1, 0.15) is 11.1 Å². The first-order valence-electron chi connectivity index (χ1n) is 12.4. The van der Waals surface area contributed by atoms with Crippen molar-refractivity contribution in [3.05, 3.63) is 93.2 Å². The fourth-order valence-electron chi connectivity index (χ4n) is 3.12. The van der Waals surface area contributed by atoms with Crippen LogP contribution in [-0.4, -0.2) is 32.6 Å². The molecule has 0 amide bonds. The van der Waals surface area contributed by atoms with Crippen LogP contribution in [0.3, 0.4) is 0 Å². The maximum absolute atomic E-state index is 5.00. The van der Waals surface area contributed by atoms with Gasteiger partial charge in [0.1, 0.15) is 0 Å². The van der Waals surface area contributed by atoms with Crippen LogP contribution in [0.5, 0.6) is 0 Å². The Kier molecular flexibility index (Phi) is 19.3. The summed E-state index contributed by atoms with van der Waals surface area (Å²) in [5.74, 6) is 0. The molecular formula is C28H48K2N2Si4. The number of benzene rings is 2. The second-order valence-corrected chi connectivity index (χ2v) is 32.3. The third-order valence-corrected chi connectivity index (χ3v) is 8.29. The monoisotopic (exact) mass is 602 g/mol. The van der Waals surface area contributed by atoms with Gasteiger partial charge in [0, 0.05) is 0 Å². The van der Waals surface area contributed by atoms with E-state index in [0.29, 0.717) is 0 Å². The van der Waals surface area contributed by atoms with Crippen molar-refractivity contribution in [2.45, 2.75) is 78.6 Å². The smallest absolute Gasteiger partial charge is 0.687 e. The summed E-state index contributed by atoms with van der Waals surface area (Å²) in [5.41, 5.74) is 9.78. The van der Waals surface area contributed by atoms with Gasteiger partial charge in [0.25, 0.3) is 0 Å². The van der Waals surface area contributed by atoms with E-state index in [2.05, 4.69) is 151 Å². The fourth-order valence-corrected chi connectivity index (χ4v) is 7.32. The van der Waals surface area contributed by atoms with E-state index in [4.69, 9.17) is 9.96 Å². The molecule has 0 aliphatic carbocycles. The van der Waals surface area contributed by atoms with Gasteiger partial charge in [-0.05, 0) is 27.6 Å². The van der Waals surface area contributed by atoms with Crippen LogP contribution < -0.4 is 103 Å². The van der Waals surface area contributed by atoms with Gasteiger partial charge in [0.15, 0.2) is 0 Å². The minimum absolute atomic E-state index is 0. The van der Waals surface area contributed by atoms with Crippen molar-refractivity contribution in [2.24, 2.45) is 0 Å². The molecule has 0 saturated heterocycles. The Hall–Kier alpha value is 1.66. The van der Waals surface area contributed by atoms with Crippen LogP contribution in [0, 0.1) is 0 Å². The molecule has 0 spiro atoms. The quantitative estimate of drug-likeness (QED) is 0.405. The zero-order valence-electron chi connectivity index (χ0n) is 25.8. The molecule has 2 aromatic rings. The van der Waals surface area contributed by atoms with E-state index in [1.807, 2.05) is 0 Å². The largest absolute Gasteiger partial charge is 1.00 e. The van der Waals surface area contributed by atoms with Crippen LogP contribution in [0.25, 0.3) is 21.4 Å². The van der Waals surface area contributed by atoms with Gasteiger partial charge in [-0.1, -0.05) is 139 Å². The minimum Gasteiger partial charge on any atom is -0.687 e. The van der Waals surface area contributed by atoms with Crippen molar-refractivity contribution in [1.29, 1.82) is 0 Å². The average Bonchev–Trinajstić information content (AvgIpc) is 2.64. The van der Waals surface area contributed by atoms with Crippen LogP contribution in [-0.2, 0) is 0 Å². The summed E-state index contributed by atoms with van der Waals surface area (Å²) in [6.45, 7) is 27.9. The molecule has 2 nitrogen and oxygen atoms in total. The Balaban J connectivity index is 0. The Morgan fingerprint density at radius 1 is 0.472 bits per heavy atom. The molecule has 188 valence electrons. The molecule has 0 aliphatic heterocycles. The van der Waals surface area contributed by atoms with Gasteiger partial charge in [-0.15, -0.1) is 22.8 Å².